The van der Waals surface area contributed by atoms with E-state index in [9.17, 15) is 4.79 Å². The van der Waals surface area contributed by atoms with E-state index < -0.39 is 0 Å². The molecule has 13 heavy (non-hydrogen) atoms. The third-order valence-corrected chi connectivity index (χ3v) is 2.83. The van der Waals surface area contributed by atoms with Gasteiger partial charge in [-0.15, -0.1) is 0 Å². The summed E-state index contributed by atoms with van der Waals surface area (Å²) in [5, 5.41) is 0. The summed E-state index contributed by atoms with van der Waals surface area (Å²) in [5.74, 6) is 0.750. The van der Waals surface area contributed by atoms with Crippen molar-refractivity contribution in [3.8, 4) is 0 Å². The molecular weight excluding hydrogens is 162 g/mol. The summed E-state index contributed by atoms with van der Waals surface area (Å²) in [5.41, 5.74) is 1.20. The number of aromatic nitrogens is 1. The SMILES string of the molecule is Cc1ccn(CC2CCC2)c(=O)c1. The molecule has 0 saturated heterocycles. The lowest BCUT2D eigenvalue weighted by molar-refractivity contribution is 0.273. The molecule has 1 saturated carbocycles. The fourth-order valence-corrected chi connectivity index (χ4v) is 1.71. The largest absolute Gasteiger partial charge is 0.315 e. The van der Waals surface area contributed by atoms with Gasteiger partial charge in [0.1, 0.15) is 0 Å². The lowest BCUT2D eigenvalue weighted by atomic mass is 9.85. The Bertz CT molecular complexity index is 349. The molecule has 1 aliphatic rings. The standard InChI is InChI=1S/C11H15NO/c1-9-5-6-12(11(13)7-9)8-10-3-2-4-10/h5-7,10H,2-4,8H2,1H3. The average Bonchev–Trinajstić information content (AvgIpc) is 1.99. The summed E-state index contributed by atoms with van der Waals surface area (Å²) in [6.45, 7) is 2.87. The van der Waals surface area contributed by atoms with Gasteiger partial charge in [0.05, 0.1) is 0 Å². The molecule has 0 bridgehead atoms. The van der Waals surface area contributed by atoms with Gasteiger partial charge in [0.25, 0.3) is 5.56 Å². The third-order valence-electron chi connectivity index (χ3n) is 2.83. The van der Waals surface area contributed by atoms with Gasteiger partial charge in [-0.25, -0.2) is 0 Å². The van der Waals surface area contributed by atoms with Crippen molar-refractivity contribution in [1.82, 2.24) is 4.57 Å². The van der Waals surface area contributed by atoms with Crippen molar-refractivity contribution in [2.75, 3.05) is 0 Å². The predicted molar refractivity (Wildman–Crippen MR) is 52.8 cm³/mol. The normalized spacial score (nSPS) is 17.0. The zero-order valence-electron chi connectivity index (χ0n) is 7.99. The van der Waals surface area contributed by atoms with Crippen LogP contribution in [0.5, 0.6) is 0 Å². The van der Waals surface area contributed by atoms with Gasteiger partial charge >= 0.3 is 0 Å². The van der Waals surface area contributed by atoms with Crippen LogP contribution in [0.1, 0.15) is 24.8 Å². The quantitative estimate of drug-likeness (QED) is 0.676. The van der Waals surface area contributed by atoms with Crippen LogP contribution in [0.2, 0.25) is 0 Å². The van der Waals surface area contributed by atoms with E-state index in [0.717, 1.165) is 18.0 Å². The summed E-state index contributed by atoms with van der Waals surface area (Å²) < 4.78 is 1.83. The van der Waals surface area contributed by atoms with Crippen molar-refractivity contribution in [2.45, 2.75) is 32.7 Å². The van der Waals surface area contributed by atoms with Gasteiger partial charge < -0.3 is 4.57 Å². The van der Waals surface area contributed by atoms with E-state index in [0.29, 0.717) is 0 Å². The molecule has 0 aromatic carbocycles. The van der Waals surface area contributed by atoms with Crippen molar-refractivity contribution in [3.63, 3.8) is 0 Å². The Labute approximate surface area is 78.2 Å². The highest BCUT2D eigenvalue weighted by Crippen LogP contribution is 2.27. The number of hydrogen-bond acceptors (Lipinski definition) is 1. The van der Waals surface area contributed by atoms with Crippen LogP contribution < -0.4 is 5.56 Å². The molecule has 2 nitrogen and oxygen atoms in total. The first-order valence-electron chi connectivity index (χ1n) is 4.93. The number of pyridine rings is 1. The zero-order valence-corrected chi connectivity index (χ0v) is 7.99. The van der Waals surface area contributed by atoms with Crippen molar-refractivity contribution in [3.05, 3.63) is 34.2 Å². The molecule has 0 amide bonds. The van der Waals surface area contributed by atoms with E-state index in [1.54, 1.807) is 6.07 Å². The van der Waals surface area contributed by atoms with Crippen LogP contribution in [-0.4, -0.2) is 4.57 Å². The molecule has 0 unspecified atom stereocenters. The Morgan fingerprint density at radius 1 is 1.54 bits per heavy atom. The number of aryl methyl sites for hydroxylation is 1. The molecule has 2 rings (SSSR count). The zero-order chi connectivity index (χ0) is 9.26. The smallest absolute Gasteiger partial charge is 0.250 e. The molecule has 0 N–H and O–H groups in total. The van der Waals surface area contributed by atoms with Gasteiger partial charge in [-0.1, -0.05) is 6.42 Å². The maximum Gasteiger partial charge on any atom is 0.250 e. The first-order chi connectivity index (χ1) is 6.25. The molecule has 1 heterocycles. The molecule has 0 spiro atoms. The minimum atomic E-state index is 0.145. The molecule has 0 aliphatic heterocycles. The van der Waals surface area contributed by atoms with Crippen molar-refractivity contribution in [1.29, 1.82) is 0 Å². The van der Waals surface area contributed by atoms with E-state index in [-0.39, 0.29) is 5.56 Å². The molecule has 2 heteroatoms. The molecule has 1 aromatic rings. The summed E-state index contributed by atoms with van der Waals surface area (Å²) in [6, 6.07) is 3.71. The highest BCUT2D eigenvalue weighted by molar-refractivity contribution is 5.08. The average molecular weight is 177 g/mol. The fraction of sp³-hybridized carbons (Fsp3) is 0.545. The molecular formula is C11H15NO. The highest BCUT2D eigenvalue weighted by atomic mass is 16.1. The van der Waals surface area contributed by atoms with Gasteiger partial charge in [0.2, 0.25) is 0 Å². The first kappa shape index (κ1) is 8.54. The van der Waals surface area contributed by atoms with E-state index in [1.807, 2.05) is 23.8 Å². The Kier molecular flexibility index (Phi) is 2.21. The molecule has 0 radical (unpaired) electrons. The third kappa shape index (κ3) is 1.82. The fourth-order valence-electron chi connectivity index (χ4n) is 1.71. The van der Waals surface area contributed by atoms with Crippen molar-refractivity contribution < 1.29 is 0 Å². The Morgan fingerprint density at radius 2 is 2.31 bits per heavy atom. The Hall–Kier alpha value is -1.05. The molecule has 1 fully saturated rings. The minimum absolute atomic E-state index is 0.145. The van der Waals surface area contributed by atoms with Crippen LogP contribution in [0.4, 0.5) is 0 Å². The first-order valence-corrected chi connectivity index (χ1v) is 4.93. The second kappa shape index (κ2) is 3.36. The van der Waals surface area contributed by atoms with E-state index in [1.165, 1.54) is 19.3 Å². The lowest BCUT2D eigenvalue weighted by Gasteiger charge is -2.25. The maximum absolute atomic E-state index is 11.5. The monoisotopic (exact) mass is 177 g/mol. The molecule has 0 atom stereocenters. The van der Waals surface area contributed by atoms with Gasteiger partial charge in [-0.3, -0.25) is 4.79 Å². The predicted octanol–water partition coefficient (Wildman–Crippen LogP) is 1.96. The van der Waals surface area contributed by atoms with E-state index in [2.05, 4.69) is 0 Å². The van der Waals surface area contributed by atoms with Crippen LogP contribution in [-0.2, 0) is 6.54 Å². The number of nitrogens with zero attached hydrogens (tertiary/aromatic N) is 1. The maximum atomic E-state index is 11.5. The van der Waals surface area contributed by atoms with Gasteiger partial charge in [-0.2, -0.15) is 0 Å². The summed E-state index contributed by atoms with van der Waals surface area (Å²) in [4.78, 5) is 11.5. The summed E-state index contributed by atoms with van der Waals surface area (Å²) in [7, 11) is 0. The Balaban J connectivity index is 2.15. The van der Waals surface area contributed by atoms with Crippen molar-refractivity contribution >= 4 is 0 Å². The van der Waals surface area contributed by atoms with E-state index in [4.69, 9.17) is 0 Å². The minimum Gasteiger partial charge on any atom is -0.315 e. The second-order valence-electron chi connectivity index (χ2n) is 3.99. The number of rotatable bonds is 2. The topological polar surface area (TPSA) is 22.0 Å². The second-order valence-corrected chi connectivity index (χ2v) is 3.99. The van der Waals surface area contributed by atoms with Crippen molar-refractivity contribution in [2.24, 2.45) is 5.92 Å². The van der Waals surface area contributed by atoms with Crippen LogP contribution in [0.3, 0.4) is 0 Å². The van der Waals surface area contributed by atoms with Gasteiger partial charge in [0.15, 0.2) is 0 Å². The van der Waals surface area contributed by atoms with Gasteiger partial charge in [-0.05, 0) is 37.3 Å². The summed E-state index contributed by atoms with van der Waals surface area (Å²) >= 11 is 0. The lowest BCUT2D eigenvalue weighted by Crippen LogP contribution is -2.26. The van der Waals surface area contributed by atoms with E-state index >= 15 is 0 Å². The van der Waals surface area contributed by atoms with Crippen LogP contribution in [0.15, 0.2) is 23.1 Å². The van der Waals surface area contributed by atoms with Crippen LogP contribution >= 0.6 is 0 Å². The van der Waals surface area contributed by atoms with Crippen LogP contribution in [0.25, 0.3) is 0 Å². The molecule has 1 aliphatic carbocycles. The number of hydrogen-bond donors (Lipinski definition) is 0. The molecule has 70 valence electrons. The summed E-state index contributed by atoms with van der Waals surface area (Å²) in [6.07, 6.45) is 5.84. The Morgan fingerprint density at radius 3 is 2.85 bits per heavy atom. The van der Waals surface area contributed by atoms with Crippen LogP contribution in [0, 0.1) is 12.8 Å². The van der Waals surface area contributed by atoms with Gasteiger partial charge in [0, 0.05) is 18.8 Å². The highest BCUT2D eigenvalue weighted by Gasteiger charge is 2.17. The molecule has 1 aromatic heterocycles.